The van der Waals surface area contributed by atoms with Crippen molar-refractivity contribution in [3.63, 3.8) is 0 Å². The number of benzene rings is 1. The summed E-state index contributed by atoms with van der Waals surface area (Å²) >= 11 is 3.41. The Labute approximate surface area is 156 Å². The van der Waals surface area contributed by atoms with E-state index in [-0.39, 0.29) is 12.0 Å². The molecule has 7 heteroatoms. The number of piperazine rings is 1. The van der Waals surface area contributed by atoms with Gasteiger partial charge in [0, 0.05) is 42.8 Å². The first-order chi connectivity index (χ1) is 12.1. The number of amides is 1. The van der Waals surface area contributed by atoms with Crippen molar-refractivity contribution >= 4 is 21.8 Å². The van der Waals surface area contributed by atoms with Gasteiger partial charge in [-0.2, -0.15) is 5.10 Å². The second-order valence-corrected chi connectivity index (χ2v) is 7.24. The predicted octanol–water partition coefficient (Wildman–Crippen LogP) is 2.37. The Hall–Kier alpha value is -1.70. The largest absolute Gasteiger partial charge is 0.392 e. The molecular formula is C18H23BrN4O2. The molecule has 1 aliphatic heterocycles. The van der Waals surface area contributed by atoms with E-state index in [2.05, 4.69) is 31.0 Å². The van der Waals surface area contributed by atoms with Crippen LogP contribution in [0.5, 0.6) is 0 Å². The highest BCUT2D eigenvalue weighted by Gasteiger charge is 2.24. The lowest BCUT2D eigenvalue weighted by Gasteiger charge is -2.35. The summed E-state index contributed by atoms with van der Waals surface area (Å²) in [5, 5.41) is 16.9. The number of hydrogen-bond acceptors (Lipinski definition) is 4. The van der Waals surface area contributed by atoms with Crippen molar-refractivity contribution in [1.29, 1.82) is 0 Å². The van der Waals surface area contributed by atoms with Gasteiger partial charge in [0.2, 0.25) is 0 Å². The van der Waals surface area contributed by atoms with Crippen LogP contribution >= 0.6 is 15.9 Å². The van der Waals surface area contributed by atoms with Crippen LogP contribution in [0.4, 0.5) is 0 Å². The fourth-order valence-corrected chi connectivity index (χ4v) is 3.20. The molecule has 1 unspecified atom stereocenters. The third kappa shape index (κ3) is 4.48. The lowest BCUT2D eigenvalue weighted by Crippen LogP contribution is -2.50. The summed E-state index contributed by atoms with van der Waals surface area (Å²) in [7, 11) is 0. The minimum absolute atomic E-state index is 0.0217. The smallest absolute Gasteiger partial charge is 0.271 e. The molecule has 6 nitrogen and oxygen atoms in total. The summed E-state index contributed by atoms with van der Waals surface area (Å²) in [6.07, 6.45) is 0.467. The number of carbonyl (C=O) groups is 1. The SMILES string of the molecule is CCC(O)CN1CCN(C(=O)c2cc(-c3ccc(Br)cc3)n[nH]2)CC1. The van der Waals surface area contributed by atoms with E-state index in [1.165, 1.54) is 0 Å². The number of halogens is 1. The Kier molecular flexibility index (Phi) is 5.88. The lowest BCUT2D eigenvalue weighted by molar-refractivity contribution is 0.0519. The third-order valence-electron chi connectivity index (χ3n) is 4.55. The van der Waals surface area contributed by atoms with Gasteiger partial charge >= 0.3 is 0 Å². The molecule has 2 heterocycles. The summed E-state index contributed by atoms with van der Waals surface area (Å²) in [5.74, 6) is -0.0217. The summed E-state index contributed by atoms with van der Waals surface area (Å²) in [5.41, 5.74) is 2.25. The third-order valence-corrected chi connectivity index (χ3v) is 5.08. The van der Waals surface area contributed by atoms with Crippen molar-refractivity contribution in [2.24, 2.45) is 0 Å². The number of nitrogens with one attached hydrogen (secondary N) is 1. The van der Waals surface area contributed by atoms with Crippen molar-refractivity contribution in [3.05, 3.63) is 40.5 Å². The summed E-state index contributed by atoms with van der Waals surface area (Å²) in [4.78, 5) is 16.7. The molecule has 1 amide bonds. The molecule has 1 atom stereocenters. The molecule has 3 rings (SSSR count). The minimum atomic E-state index is -0.289. The zero-order valence-electron chi connectivity index (χ0n) is 14.3. The summed E-state index contributed by atoms with van der Waals surface area (Å²) in [6.45, 7) is 5.57. The fraction of sp³-hybridized carbons (Fsp3) is 0.444. The Balaban J connectivity index is 1.60. The van der Waals surface area contributed by atoms with Crippen LogP contribution in [0.25, 0.3) is 11.3 Å². The highest BCUT2D eigenvalue weighted by atomic mass is 79.9. The molecule has 134 valence electrons. The number of rotatable bonds is 5. The first-order valence-electron chi connectivity index (χ1n) is 8.58. The van der Waals surface area contributed by atoms with Crippen LogP contribution < -0.4 is 0 Å². The van der Waals surface area contributed by atoms with Crippen LogP contribution in [0.3, 0.4) is 0 Å². The molecule has 0 saturated carbocycles. The van der Waals surface area contributed by atoms with Gasteiger partial charge in [-0.3, -0.25) is 14.8 Å². The predicted molar refractivity (Wildman–Crippen MR) is 100 cm³/mol. The molecule has 0 spiro atoms. The molecule has 25 heavy (non-hydrogen) atoms. The van der Waals surface area contributed by atoms with E-state index >= 15 is 0 Å². The van der Waals surface area contributed by atoms with Crippen LogP contribution in [-0.4, -0.2) is 69.8 Å². The maximum absolute atomic E-state index is 12.7. The molecule has 1 aromatic carbocycles. The zero-order valence-corrected chi connectivity index (χ0v) is 15.9. The zero-order chi connectivity index (χ0) is 17.8. The van der Waals surface area contributed by atoms with Gasteiger partial charge in [-0.05, 0) is 24.6 Å². The van der Waals surface area contributed by atoms with Gasteiger partial charge in [0.1, 0.15) is 5.69 Å². The number of β-amino-alcohol motifs (C(OH)–C–C–N with tert-alkyl or cyclic N) is 1. The average Bonchev–Trinajstić information content (AvgIpc) is 3.12. The molecule has 0 radical (unpaired) electrons. The monoisotopic (exact) mass is 406 g/mol. The molecule has 1 aromatic heterocycles. The number of aromatic nitrogens is 2. The van der Waals surface area contributed by atoms with Gasteiger partial charge in [-0.15, -0.1) is 0 Å². The number of aromatic amines is 1. The van der Waals surface area contributed by atoms with E-state index in [9.17, 15) is 9.90 Å². The first-order valence-corrected chi connectivity index (χ1v) is 9.37. The maximum Gasteiger partial charge on any atom is 0.271 e. The second-order valence-electron chi connectivity index (χ2n) is 6.33. The van der Waals surface area contributed by atoms with Gasteiger partial charge in [0.05, 0.1) is 11.8 Å². The molecular weight excluding hydrogens is 384 g/mol. The van der Waals surface area contributed by atoms with E-state index in [1.807, 2.05) is 36.1 Å². The van der Waals surface area contributed by atoms with Crippen LogP contribution in [0, 0.1) is 0 Å². The maximum atomic E-state index is 12.7. The van der Waals surface area contributed by atoms with Gasteiger partial charge in [-0.1, -0.05) is 35.0 Å². The second kappa shape index (κ2) is 8.12. The van der Waals surface area contributed by atoms with Crippen LogP contribution in [0.1, 0.15) is 23.8 Å². The molecule has 1 fully saturated rings. The molecule has 1 saturated heterocycles. The van der Waals surface area contributed by atoms with E-state index < -0.39 is 0 Å². The fourth-order valence-electron chi connectivity index (χ4n) is 2.93. The van der Waals surface area contributed by atoms with Gasteiger partial charge in [-0.25, -0.2) is 0 Å². The topological polar surface area (TPSA) is 72.5 Å². The Morgan fingerprint density at radius 3 is 2.60 bits per heavy atom. The molecule has 1 aliphatic rings. The molecule has 0 bridgehead atoms. The standard InChI is InChI=1S/C18H23BrN4O2/c1-2-15(24)12-22-7-9-23(10-8-22)18(25)17-11-16(20-21-17)13-3-5-14(19)6-4-13/h3-6,11,15,24H,2,7-10,12H2,1H3,(H,20,21). The van der Waals surface area contributed by atoms with Gasteiger partial charge in [0.25, 0.3) is 5.91 Å². The van der Waals surface area contributed by atoms with Gasteiger partial charge in [0.15, 0.2) is 0 Å². The van der Waals surface area contributed by atoms with Crippen molar-refractivity contribution in [1.82, 2.24) is 20.0 Å². The quantitative estimate of drug-likeness (QED) is 0.799. The molecule has 0 aliphatic carbocycles. The van der Waals surface area contributed by atoms with Crippen LogP contribution in [0.15, 0.2) is 34.8 Å². The molecule has 2 N–H and O–H groups in total. The Morgan fingerprint density at radius 1 is 1.28 bits per heavy atom. The minimum Gasteiger partial charge on any atom is -0.392 e. The number of carbonyl (C=O) groups excluding carboxylic acids is 1. The highest BCUT2D eigenvalue weighted by Crippen LogP contribution is 2.21. The van der Waals surface area contributed by atoms with Crippen LogP contribution in [-0.2, 0) is 0 Å². The van der Waals surface area contributed by atoms with Crippen LogP contribution in [0.2, 0.25) is 0 Å². The van der Waals surface area contributed by atoms with Crippen molar-refractivity contribution in [3.8, 4) is 11.3 Å². The highest BCUT2D eigenvalue weighted by molar-refractivity contribution is 9.10. The van der Waals surface area contributed by atoms with Gasteiger partial charge < -0.3 is 10.0 Å². The lowest BCUT2D eigenvalue weighted by atomic mass is 10.1. The van der Waals surface area contributed by atoms with Crippen molar-refractivity contribution < 1.29 is 9.90 Å². The van der Waals surface area contributed by atoms with E-state index in [0.29, 0.717) is 25.3 Å². The first kappa shape index (κ1) is 18.1. The van der Waals surface area contributed by atoms with E-state index in [1.54, 1.807) is 6.07 Å². The van der Waals surface area contributed by atoms with Crippen molar-refractivity contribution in [2.45, 2.75) is 19.4 Å². The van der Waals surface area contributed by atoms with E-state index in [0.717, 1.165) is 35.2 Å². The average molecular weight is 407 g/mol. The Morgan fingerprint density at radius 2 is 1.96 bits per heavy atom. The van der Waals surface area contributed by atoms with Crippen molar-refractivity contribution in [2.75, 3.05) is 32.7 Å². The Bertz CT molecular complexity index is 708. The summed E-state index contributed by atoms with van der Waals surface area (Å²) < 4.78 is 1.01. The number of H-pyrrole nitrogens is 1. The summed E-state index contributed by atoms with van der Waals surface area (Å²) in [6, 6.07) is 9.64. The molecule has 2 aromatic rings. The normalized spacial score (nSPS) is 16.8. The number of aliphatic hydroxyl groups excluding tert-OH is 1. The van der Waals surface area contributed by atoms with E-state index in [4.69, 9.17) is 0 Å². The number of nitrogens with zero attached hydrogens (tertiary/aromatic N) is 3. The number of aliphatic hydroxyl groups is 1. The number of hydrogen-bond donors (Lipinski definition) is 2.